The first kappa shape index (κ1) is 20.1. The average molecular weight is 393 g/mol. The van der Waals surface area contributed by atoms with Gasteiger partial charge in [0.05, 0.1) is 11.6 Å². The van der Waals surface area contributed by atoms with Gasteiger partial charge < -0.3 is 15.3 Å². The zero-order valence-electron chi connectivity index (χ0n) is 14.3. The fraction of sp³-hybridized carbons (Fsp3) is 0.263. The van der Waals surface area contributed by atoms with E-state index in [4.69, 9.17) is 11.6 Å². The van der Waals surface area contributed by atoms with Crippen LogP contribution >= 0.6 is 25.1 Å². The Kier molecular flexibility index (Phi) is 6.56. The summed E-state index contributed by atoms with van der Waals surface area (Å²) in [5, 5.41) is 13.3. The molecular formula is C19H21ClN2O3S. The van der Waals surface area contributed by atoms with E-state index >= 15 is 0 Å². The summed E-state index contributed by atoms with van der Waals surface area (Å²) in [7, 11) is 0. The molecule has 1 fully saturated rings. The van der Waals surface area contributed by atoms with Crippen molar-refractivity contribution in [2.75, 3.05) is 6.54 Å². The molecule has 2 aromatic rings. The van der Waals surface area contributed by atoms with E-state index in [1.165, 1.54) is 6.07 Å². The molecule has 2 aromatic carbocycles. The summed E-state index contributed by atoms with van der Waals surface area (Å²) >= 11 is 6.15. The minimum Gasteiger partial charge on any atom is -0.507 e. The Morgan fingerprint density at radius 2 is 2.04 bits per heavy atom. The van der Waals surface area contributed by atoms with E-state index in [9.17, 15) is 14.7 Å². The second-order valence-corrected chi connectivity index (χ2v) is 6.67. The van der Waals surface area contributed by atoms with E-state index in [0.29, 0.717) is 18.1 Å². The number of aromatic hydroxyl groups is 1. The maximum absolute atomic E-state index is 12.4. The van der Waals surface area contributed by atoms with Crippen LogP contribution in [-0.2, 0) is 11.3 Å². The smallest absolute Gasteiger partial charge is 0.255 e. The quantitative estimate of drug-likeness (QED) is 0.840. The predicted molar refractivity (Wildman–Crippen MR) is 106 cm³/mol. The molecule has 7 heteroatoms. The van der Waals surface area contributed by atoms with Gasteiger partial charge in [0, 0.05) is 24.5 Å². The number of hydrogen-bond acceptors (Lipinski definition) is 3. The van der Waals surface area contributed by atoms with Crippen LogP contribution in [0.25, 0.3) is 0 Å². The third kappa shape index (κ3) is 4.51. The highest BCUT2D eigenvalue weighted by atomic mass is 35.5. The number of benzene rings is 2. The summed E-state index contributed by atoms with van der Waals surface area (Å²) in [6.07, 6.45) is 0.239. The monoisotopic (exact) mass is 392 g/mol. The highest BCUT2D eigenvalue weighted by molar-refractivity contribution is 7.59. The largest absolute Gasteiger partial charge is 0.507 e. The van der Waals surface area contributed by atoms with Crippen molar-refractivity contribution in [1.82, 2.24) is 10.2 Å². The number of nitrogens with zero attached hydrogens (tertiary/aromatic N) is 1. The van der Waals surface area contributed by atoms with Crippen LogP contribution in [0.3, 0.4) is 0 Å². The number of nitrogens with one attached hydrogen (secondary N) is 1. The lowest BCUT2D eigenvalue weighted by Crippen LogP contribution is -2.37. The minimum absolute atomic E-state index is 0. The number of aryl methyl sites for hydroxylation is 1. The van der Waals surface area contributed by atoms with Crippen LogP contribution in [-0.4, -0.2) is 34.4 Å². The van der Waals surface area contributed by atoms with Crippen LogP contribution in [0.4, 0.5) is 0 Å². The molecule has 2 amide bonds. The fourth-order valence-corrected chi connectivity index (χ4v) is 3.14. The van der Waals surface area contributed by atoms with Crippen molar-refractivity contribution in [2.24, 2.45) is 0 Å². The van der Waals surface area contributed by atoms with Gasteiger partial charge in [-0.2, -0.15) is 13.5 Å². The van der Waals surface area contributed by atoms with Gasteiger partial charge in [-0.25, -0.2) is 0 Å². The van der Waals surface area contributed by atoms with Crippen molar-refractivity contribution in [2.45, 2.75) is 25.9 Å². The Hall–Kier alpha value is -2.18. The molecule has 2 N–H and O–H groups in total. The lowest BCUT2D eigenvalue weighted by atomic mass is 10.1. The molecule has 1 aliphatic rings. The van der Waals surface area contributed by atoms with Crippen molar-refractivity contribution in [3.8, 4) is 5.75 Å². The Balaban J connectivity index is 0.00000243. The zero-order valence-corrected chi connectivity index (χ0v) is 16.1. The van der Waals surface area contributed by atoms with Crippen LogP contribution in [0.5, 0.6) is 5.75 Å². The number of carbonyl (C=O) groups is 2. The lowest BCUT2D eigenvalue weighted by Gasteiger charge is -2.18. The number of phenols is 1. The highest BCUT2D eigenvalue weighted by Gasteiger charge is 2.31. The van der Waals surface area contributed by atoms with E-state index < -0.39 is 0 Å². The molecule has 0 unspecified atom stereocenters. The van der Waals surface area contributed by atoms with Crippen LogP contribution < -0.4 is 5.32 Å². The van der Waals surface area contributed by atoms with Crippen LogP contribution in [0.1, 0.15) is 27.9 Å². The number of phenolic OH excluding ortho intramolecular Hbond substituents is 1. The van der Waals surface area contributed by atoms with Gasteiger partial charge in [0.1, 0.15) is 5.75 Å². The molecule has 1 atom stereocenters. The number of hydrogen-bond donors (Lipinski definition) is 2. The molecule has 0 aliphatic carbocycles. The first-order valence-electron chi connectivity index (χ1n) is 8.05. The molecule has 138 valence electrons. The number of carbonyl (C=O) groups excluding carboxylic acids is 2. The predicted octanol–water partition coefficient (Wildman–Crippen LogP) is 3.00. The summed E-state index contributed by atoms with van der Waals surface area (Å²) < 4.78 is 0. The maximum atomic E-state index is 12.4. The number of halogens is 1. The SMILES string of the molecule is Cc1ccc(O)c(C(=O)N[C@H]2CC(=O)N(Cc3ccccc3Cl)C2)c1.S. The van der Waals surface area contributed by atoms with Gasteiger partial charge in [0.15, 0.2) is 0 Å². The van der Waals surface area contributed by atoms with Crippen molar-refractivity contribution >= 4 is 36.9 Å². The van der Waals surface area contributed by atoms with Gasteiger partial charge >= 0.3 is 0 Å². The Labute approximate surface area is 164 Å². The molecule has 0 spiro atoms. The van der Waals surface area contributed by atoms with Gasteiger partial charge in [0.25, 0.3) is 5.91 Å². The molecule has 5 nitrogen and oxygen atoms in total. The minimum atomic E-state index is -0.376. The van der Waals surface area contributed by atoms with Crippen molar-refractivity contribution < 1.29 is 14.7 Å². The third-order valence-corrected chi connectivity index (χ3v) is 4.63. The van der Waals surface area contributed by atoms with Gasteiger partial charge in [0.2, 0.25) is 5.91 Å². The van der Waals surface area contributed by atoms with Gasteiger partial charge in [-0.15, -0.1) is 0 Å². The summed E-state index contributed by atoms with van der Waals surface area (Å²) in [6.45, 7) is 2.68. The molecule has 26 heavy (non-hydrogen) atoms. The molecule has 3 rings (SSSR count). The number of likely N-dealkylation sites (tertiary alicyclic amines) is 1. The Bertz CT molecular complexity index is 828. The van der Waals surface area contributed by atoms with Crippen LogP contribution in [0.15, 0.2) is 42.5 Å². The average Bonchev–Trinajstić information content (AvgIpc) is 2.91. The molecule has 0 radical (unpaired) electrons. The molecule has 0 aromatic heterocycles. The van der Waals surface area contributed by atoms with E-state index in [2.05, 4.69) is 5.32 Å². The van der Waals surface area contributed by atoms with E-state index in [1.807, 2.05) is 25.1 Å². The zero-order chi connectivity index (χ0) is 18.0. The first-order valence-corrected chi connectivity index (χ1v) is 8.43. The Morgan fingerprint density at radius 1 is 1.31 bits per heavy atom. The van der Waals surface area contributed by atoms with Gasteiger partial charge in [-0.3, -0.25) is 9.59 Å². The van der Waals surface area contributed by atoms with Gasteiger partial charge in [-0.1, -0.05) is 41.4 Å². The maximum Gasteiger partial charge on any atom is 0.255 e. The molecule has 0 bridgehead atoms. The van der Waals surface area contributed by atoms with Crippen molar-refractivity contribution in [3.63, 3.8) is 0 Å². The highest BCUT2D eigenvalue weighted by Crippen LogP contribution is 2.22. The molecule has 1 saturated heterocycles. The second-order valence-electron chi connectivity index (χ2n) is 6.26. The second kappa shape index (κ2) is 8.47. The summed E-state index contributed by atoms with van der Waals surface area (Å²) in [5.74, 6) is -0.474. The fourth-order valence-electron chi connectivity index (χ4n) is 2.95. The normalized spacial score (nSPS) is 16.3. The first-order chi connectivity index (χ1) is 11.9. The van der Waals surface area contributed by atoms with E-state index in [0.717, 1.165) is 11.1 Å². The molecule has 1 aliphatic heterocycles. The van der Waals surface area contributed by atoms with E-state index in [1.54, 1.807) is 23.1 Å². The lowest BCUT2D eigenvalue weighted by molar-refractivity contribution is -0.128. The van der Waals surface area contributed by atoms with Gasteiger partial charge in [-0.05, 0) is 30.7 Å². The third-order valence-electron chi connectivity index (χ3n) is 4.27. The topological polar surface area (TPSA) is 69.6 Å². The van der Waals surface area contributed by atoms with E-state index in [-0.39, 0.29) is 49.1 Å². The summed E-state index contributed by atoms with van der Waals surface area (Å²) in [4.78, 5) is 26.3. The van der Waals surface area contributed by atoms with Crippen molar-refractivity contribution in [3.05, 3.63) is 64.2 Å². The summed E-state index contributed by atoms with van der Waals surface area (Å²) in [6, 6.07) is 12.0. The molecule has 0 saturated carbocycles. The number of amides is 2. The van der Waals surface area contributed by atoms with Crippen LogP contribution in [0.2, 0.25) is 5.02 Å². The number of rotatable bonds is 4. The molecule has 1 heterocycles. The summed E-state index contributed by atoms with van der Waals surface area (Å²) in [5.41, 5.74) is 1.98. The van der Waals surface area contributed by atoms with Crippen molar-refractivity contribution in [1.29, 1.82) is 0 Å². The van der Waals surface area contributed by atoms with Crippen LogP contribution in [0, 0.1) is 6.92 Å². The molecular weight excluding hydrogens is 372 g/mol. The Morgan fingerprint density at radius 3 is 2.77 bits per heavy atom. The standard InChI is InChI=1S/C19H19ClN2O3.H2S/c1-12-6-7-17(23)15(8-12)19(25)21-14-9-18(24)22(11-14)10-13-4-2-3-5-16(13)20;/h2-8,14,23H,9-11H2,1H3,(H,21,25);1H2/t14-;/m0./s1.